The van der Waals surface area contributed by atoms with Gasteiger partial charge in [0.15, 0.2) is 0 Å². The average Bonchev–Trinajstić information content (AvgIpc) is 3.26. The van der Waals surface area contributed by atoms with Crippen molar-refractivity contribution in [1.82, 2.24) is 20.2 Å². The predicted molar refractivity (Wildman–Crippen MR) is 198 cm³/mol. The number of aromatic hydroxyl groups is 1. The normalized spacial score (nSPS) is 24.1. The Labute approximate surface area is 304 Å². The largest absolute Gasteiger partial charge is 0.508 e. The molecule has 52 heavy (non-hydrogen) atoms. The standard InChI is InChI=1S/C41H47F2N5O4/c1-4-32-35(43)12-10-28-18-31(49)20-34(38(28)32)27-9-11-33-36(19-27)45-40(46-39(33)47-15-7-6-8-30(24-47)44-37(50)5-2)52-25-41(3)21-29(42)23-48(41)22-26-13-16-51-17-14-26/h1,5,10,12,18-20,26,29-30,49H,2,6-9,11,13-17,21-25H2,3H3,(H,44,50)/t29-,30?,41+/m1/s1. The zero-order chi connectivity index (χ0) is 36.4. The van der Waals surface area contributed by atoms with Gasteiger partial charge in [-0.05, 0) is 105 Å². The van der Waals surface area contributed by atoms with E-state index in [1.54, 1.807) is 18.2 Å². The lowest BCUT2D eigenvalue weighted by Gasteiger charge is -2.37. The maximum absolute atomic E-state index is 15.0. The van der Waals surface area contributed by atoms with E-state index in [0.29, 0.717) is 60.3 Å². The van der Waals surface area contributed by atoms with Gasteiger partial charge in [-0.25, -0.2) is 8.78 Å². The van der Waals surface area contributed by atoms with E-state index in [0.717, 1.165) is 75.4 Å². The van der Waals surface area contributed by atoms with Gasteiger partial charge < -0.3 is 24.8 Å². The summed E-state index contributed by atoms with van der Waals surface area (Å²) >= 11 is 0. The third-order valence-electron chi connectivity index (χ3n) is 11.2. The van der Waals surface area contributed by atoms with Crippen molar-refractivity contribution in [1.29, 1.82) is 0 Å². The Morgan fingerprint density at radius 1 is 1.21 bits per heavy atom. The summed E-state index contributed by atoms with van der Waals surface area (Å²) in [5.74, 6) is 3.04. The molecule has 274 valence electrons. The maximum Gasteiger partial charge on any atom is 0.318 e. The van der Waals surface area contributed by atoms with Gasteiger partial charge in [0.05, 0.1) is 16.8 Å². The van der Waals surface area contributed by atoms with Crippen molar-refractivity contribution in [2.24, 2.45) is 5.92 Å². The Kier molecular flexibility index (Phi) is 10.5. The first-order valence-corrected chi connectivity index (χ1v) is 18.5. The van der Waals surface area contributed by atoms with Gasteiger partial charge in [-0.2, -0.15) is 9.97 Å². The molecule has 1 unspecified atom stereocenters. The van der Waals surface area contributed by atoms with Gasteiger partial charge in [0.1, 0.15) is 30.2 Å². The number of nitrogens with zero attached hydrogens (tertiary/aromatic N) is 4. The van der Waals surface area contributed by atoms with Crippen molar-refractivity contribution in [2.45, 2.75) is 76.0 Å². The Morgan fingerprint density at radius 2 is 2.04 bits per heavy atom. The summed E-state index contributed by atoms with van der Waals surface area (Å²) in [6.07, 6.45) is 14.2. The number of phenols is 1. The monoisotopic (exact) mass is 711 g/mol. The van der Waals surface area contributed by atoms with Crippen molar-refractivity contribution >= 4 is 34.1 Å². The van der Waals surface area contributed by atoms with Crippen LogP contribution in [0, 0.1) is 24.1 Å². The third-order valence-corrected chi connectivity index (χ3v) is 11.2. The van der Waals surface area contributed by atoms with Crippen LogP contribution in [-0.4, -0.2) is 89.6 Å². The number of nitrogens with one attached hydrogen (secondary N) is 1. The number of amides is 1. The van der Waals surface area contributed by atoms with E-state index in [1.807, 2.05) is 6.08 Å². The fourth-order valence-corrected chi connectivity index (χ4v) is 8.43. The Morgan fingerprint density at radius 3 is 2.83 bits per heavy atom. The summed E-state index contributed by atoms with van der Waals surface area (Å²) in [6, 6.07) is 6.25. The lowest BCUT2D eigenvalue weighted by atomic mass is 9.87. The molecular weight excluding hydrogens is 664 g/mol. The first-order valence-electron chi connectivity index (χ1n) is 18.5. The van der Waals surface area contributed by atoms with E-state index in [9.17, 15) is 14.3 Å². The van der Waals surface area contributed by atoms with Crippen LogP contribution in [0.15, 0.2) is 36.9 Å². The van der Waals surface area contributed by atoms with Crippen LogP contribution in [0.1, 0.15) is 74.3 Å². The Balaban J connectivity index is 1.26. The number of carbonyl (C=O) groups is 1. The molecule has 0 saturated carbocycles. The number of aromatic nitrogens is 2. The number of allylic oxidation sites excluding steroid dienone is 1. The molecule has 3 aromatic rings. The van der Waals surface area contributed by atoms with E-state index < -0.39 is 17.5 Å². The number of ether oxygens (including phenoxy) is 2. The molecule has 3 atom stereocenters. The second kappa shape index (κ2) is 15.2. The van der Waals surface area contributed by atoms with Crippen LogP contribution in [-0.2, 0) is 16.0 Å². The summed E-state index contributed by atoms with van der Waals surface area (Å²) < 4.78 is 42.1. The van der Waals surface area contributed by atoms with Gasteiger partial charge in [-0.3, -0.25) is 9.69 Å². The van der Waals surface area contributed by atoms with Crippen molar-refractivity contribution in [3.8, 4) is 24.1 Å². The van der Waals surface area contributed by atoms with Crippen LogP contribution in [0.3, 0.4) is 0 Å². The average molecular weight is 712 g/mol. The Hall–Kier alpha value is -4.53. The molecule has 1 amide bonds. The van der Waals surface area contributed by atoms with E-state index >= 15 is 4.39 Å². The van der Waals surface area contributed by atoms with E-state index in [-0.39, 0.29) is 35.9 Å². The minimum absolute atomic E-state index is 0.0506. The van der Waals surface area contributed by atoms with Gasteiger partial charge >= 0.3 is 6.01 Å². The minimum Gasteiger partial charge on any atom is -0.508 e. The fraction of sp³-hybridized carbons (Fsp3) is 0.488. The van der Waals surface area contributed by atoms with Gasteiger partial charge in [0.2, 0.25) is 5.91 Å². The topological polar surface area (TPSA) is 100 Å². The number of alkyl halides is 1. The van der Waals surface area contributed by atoms with Crippen molar-refractivity contribution in [2.75, 3.05) is 50.9 Å². The molecule has 4 aliphatic rings. The summed E-state index contributed by atoms with van der Waals surface area (Å²) in [5.41, 5.74) is 2.70. The van der Waals surface area contributed by atoms with E-state index in [1.165, 1.54) is 12.1 Å². The number of benzene rings is 2. The smallest absolute Gasteiger partial charge is 0.318 e. The number of likely N-dealkylation sites (tertiary alicyclic amines) is 1. The summed E-state index contributed by atoms with van der Waals surface area (Å²) in [4.78, 5) is 26.7. The lowest BCUT2D eigenvalue weighted by molar-refractivity contribution is -0.117. The molecule has 0 bridgehead atoms. The zero-order valence-corrected chi connectivity index (χ0v) is 29.8. The Bertz CT molecular complexity index is 1920. The molecule has 4 heterocycles. The molecule has 1 aliphatic carbocycles. The maximum atomic E-state index is 15.0. The first-order chi connectivity index (χ1) is 25.1. The SMILES string of the molecule is C#Cc1c(F)ccc2cc(O)cc(C3=Cc4nc(OC[C@]5(C)C[C@@H](F)CN5CC5CCOCC5)nc(N5CCCCC(NC(=O)C=C)C5)c4CC3)c12. The second-order valence-corrected chi connectivity index (χ2v) is 14.9. The number of carbonyl (C=O) groups excluding carboxylic acids is 1. The summed E-state index contributed by atoms with van der Waals surface area (Å²) in [7, 11) is 0. The van der Waals surface area contributed by atoms with Gasteiger partial charge in [-0.1, -0.05) is 18.6 Å². The first kappa shape index (κ1) is 35.9. The molecule has 2 aromatic carbocycles. The summed E-state index contributed by atoms with van der Waals surface area (Å²) in [5, 5.41) is 15.0. The number of rotatable bonds is 9. The van der Waals surface area contributed by atoms with Crippen LogP contribution in [0.5, 0.6) is 11.8 Å². The number of fused-ring (bicyclic) bond motifs is 2. The molecule has 0 radical (unpaired) electrons. The van der Waals surface area contributed by atoms with Crippen molar-refractivity contribution < 1.29 is 28.2 Å². The molecule has 3 saturated heterocycles. The molecule has 9 nitrogen and oxygen atoms in total. The van der Waals surface area contributed by atoms with E-state index in [4.69, 9.17) is 25.9 Å². The number of terminal acetylenes is 1. The van der Waals surface area contributed by atoms with Crippen molar-refractivity contribution in [3.63, 3.8) is 0 Å². The highest BCUT2D eigenvalue weighted by atomic mass is 19.1. The molecule has 3 aliphatic heterocycles. The van der Waals surface area contributed by atoms with Gasteiger partial charge in [-0.15, -0.1) is 6.42 Å². The number of halogens is 2. The molecule has 7 rings (SSSR count). The van der Waals surface area contributed by atoms with E-state index in [2.05, 4.69) is 34.5 Å². The van der Waals surface area contributed by atoms with Crippen LogP contribution in [0.2, 0.25) is 0 Å². The highest BCUT2D eigenvalue weighted by Gasteiger charge is 2.44. The molecule has 1 aromatic heterocycles. The molecule has 0 spiro atoms. The molecule has 3 fully saturated rings. The number of phenolic OH excluding ortho intramolecular Hbond substituents is 1. The third kappa shape index (κ3) is 7.50. The highest BCUT2D eigenvalue weighted by Crippen LogP contribution is 2.41. The van der Waals surface area contributed by atoms with Crippen LogP contribution in [0.4, 0.5) is 14.6 Å². The minimum atomic E-state index is -0.950. The molecule has 11 heteroatoms. The highest BCUT2D eigenvalue weighted by molar-refractivity contribution is 6.02. The zero-order valence-electron chi connectivity index (χ0n) is 29.8. The molecular formula is C41H47F2N5O4. The second-order valence-electron chi connectivity index (χ2n) is 14.9. The number of hydrogen-bond acceptors (Lipinski definition) is 8. The molecule has 2 N–H and O–H groups in total. The fourth-order valence-electron chi connectivity index (χ4n) is 8.43. The van der Waals surface area contributed by atoms with Gasteiger partial charge in [0.25, 0.3) is 0 Å². The lowest BCUT2D eigenvalue weighted by Crippen LogP contribution is -2.48. The number of anilines is 1. The van der Waals surface area contributed by atoms with Crippen LogP contribution >= 0.6 is 0 Å². The van der Waals surface area contributed by atoms with Crippen molar-refractivity contribution in [3.05, 3.63) is 65.1 Å². The number of hydrogen-bond donors (Lipinski definition) is 2. The van der Waals surface area contributed by atoms with Gasteiger partial charge in [0, 0.05) is 62.8 Å². The predicted octanol–water partition coefficient (Wildman–Crippen LogP) is 6.21. The quantitative estimate of drug-likeness (QED) is 0.200. The van der Waals surface area contributed by atoms with Crippen LogP contribution in [0.25, 0.3) is 22.4 Å². The van der Waals surface area contributed by atoms with Crippen LogP contribution < -0.4 is 15.0 Å². The summed E-state index contributed by atoms with van der Waals surface area (Å²) in [6.45, 7) is 9.80.